The Morgan fingerprint density at radius 2 is 1.80 bits per heavy atom. The van der Waals surface area contributed by atoms with Gasteiger partial charge in [0, 0.05) is 0 Å². The Labute approximate surface area is 100.0 Å². The van der Waals surface area contributed by atoms with Gasteiger partial charge in [0.2, 0.25) is 0 Å². The van der Waals surface area contributed by atoms with Crippen molar-refractivity contribution in [2.45, 2.75) is 63.2 Å². The maximum Gasteiger partial charge on any atom is 0.192 e. The van der Waals surface area contributed by atoms with Crippen molar-refractivity contribution in [2.75, 3.05) is 0 Å². The summed E-state index contributed by atoms with van der Waals surface area (Å²) in [6.45, 7) is 11.4. The lowest BCUT2D eigenvalue weighted by Crippen LogP contribution is -2.44. The first-order valence-electron chi connectivity index (χ1n) is 5.72. The van der Waals surface area contributed by atoms with E-state index in [-0.39, 0.29) is 5.38 Å². The predicted octanol–water partition coefficient (Wildman–Crippen LogP) is 4.33. The molecule has 15 heavy (non-hydrogen) atoms. The fourth-order valence-corrected chi connectivity index (χ4v) is 2.93. The Kier molecular flexibility index (Phi) is 4.07. The van der Waals surface area contributed by atoms with Crippen LogP contribution in [0.4, 0.5) is 0 Å². The number of alkyl halides is 1. The molecule has 0 aliphatic heterocycles. The van der Waals surface area contributed by atoms with Crippen LogP contribution in [0.15, 0.2) is 12.2 Å². The lowest BCUT2D eigenvalue weighted by Gasteiger charge is -2.39. The molecule has 88 valence electrons. The molecule has 0 fully saturated rings. The minimum absolute atomic E-state index is 0.212. The minimum Gasteiger partial charge on any atom is -0.411 e. The molecule has 1 nitrogen and oxygen atoms in total. The summed E-state index contributed by atoms with van der Waals surface area (Å²) < 4.78 is 6.28. The van der Waals surface area contributed by atoms with E-state index in [1.165, 1.54) is 0 Å². The van der Waals surface area contributed by atoms with Gasteiger partial charge in [0.05, 0.1) is 11.5 Å². The second-order valence-corrected chi connectivity index (χ2v) is 11.2. The Morgan fingerprint density at radius 3 is 2.20 bits per heavy atom. The molecule has 0 bridgehead atoms. The zero-order valence-electron chi connectivity index (χ0n) is 10.5. The van der Waals surface area contributed by atoms with Crippen molar-refractivity contribution in [1.82, 2.24) is 0 Å². The summed E-state index contributed by atoms with van der Waals surface area (Å²) in [6, 6.07) is 0. The summed E-state index contributed by atoms with van der Waals surface area (Å²) >= 11 is 6.01. The first kappa shape index (κ1) is 13.3. The van der Waals surface area contributed by atoms with Crippen molar-refractivity contribution in [1.29, 1.82) is 0 Å². The van der Waals surface area contributed by atoms with E-state index in [1.807, 2.05) is 0 Å². The van der Waals surface area contributed by atoms with E-state index in [0.717, 1.165) is 12.8 Å². The standard InChI is InChI=1S/C12H23ClOSi/c1-12(2,3)15(4,5)14-11-8-6-10(13)7-9-11/h6,8,10-11H,7,9H2,1-5H3/t10-,11-/m0/s1. The summed E-state index contributed by atoms with van der Waals surface area (Å²) in [6.07, 6.45) is 6.61. The number of hydrogen-bond acceptors (Lipinski definition) is 1. The normalized spacial score (nSPS) is 28.1. The Morgan fingerprint density at radius 1 is 1.20 bits per heavy atom. The van der Waals surface area contributed by atoms with Crippen molar-refractivity contribution in [3.63, 3.8) is 0 Å². The van der Waals surface area contributed by atoms with Crippen LogP contribution in [0.5, 0.6) is 0 Å². The summed E-state index contributed by atoms with van der Waals surface area (Å²) in [7, 11) is -1.61. The minimum atomic E-state index is -1.61. The van der Waals surface area contributed by atoms with E-state index in [2.05, 4.69) is 46.0 Å². The third-order valence-electron chi connectivity index (χ3n) is 3.51. The highest BCUT2D eigenvalue weighted by atomic mass is 35.5. The molecule has 1 rings (SSSR count). The summed E-state index contributed by atoms with van der Waals surface area (Å²) in [5.74, 6) is 0. The van der Waals surface area contributed by atoms with Crippen LogP contribution in [0, 0.1) is 0 Å². The van der Waals surface area contributed by atoms with Gasteiger partial charge in [-0.2, -0.15) is 0 Å². The molecule has 0 saturated heterocycles. The lowest BCUT2D eigenvalue weighted by molar-refractivity contribution is 0.208. The molecule has 1 aliphatic rings. The van der Waals surface area contributed by atoms with Crippen LogP contribution in [0.3, 0.4) is 0 Å². The van der Waals surface area contributed by atoms with E-state index in [0.29, 0.717) is 11.1 Å². The molecule has 0 aromatic carbocycles. The molecule has 0 amide bonds. The summed E-state index contributed by atoms with van der Waals surface area (Å²) in [5, 5.41) is 0.503. The van der Waals surface area contributed by atoms with Gasteiger partial charge in [-0.05, 0) is 31.0 Å². The average molecular weight is 247 g/mol. The van der Waals surface area contributed by atoms with E-state index < -0.39 is 8.32 Å². The fourth-order valence-electron chi connectivity index (χ4n) is 1.41. The number of hydrogen-bond donors (Lipinski definition) is 0. The second kappa shape index (κ2) is 4.60. The van der Waals surface area contributed by atoms with Crippen molar-refractivity contribution >= 4 is 19.9 Å². The van der Waals surface area contributed by atoms with E-state index >= 15 is 0 Å². The molecule has 0 radical (unpaired) electrons. The summed E-state index contributed by atoms with van der Waals surface area (Å²) in [5.41, 5.74) is 0. The van der Waals surface area contributed by atoms with Gasteiger partial charge in [-0.3, -0.25) is 0 Å². The van der Waals surface area contributed by atoms with Gasteiger partial charge in [-0.25, -0.2) is 0 Å². The monoisotopic (exact) mass is 246 g/mol. The third kappa shape index (κ3) is 3.61. The number of rotatable bonds is 2. The van der Waals surface area contributed by atoms with Crippen LogP contribution in [0.2, 0.25) is 18.1 Å². The first-order valence-corrected chi connectivity index (χ1v) is 9.07. The average Bonchev–Trinajstić information content (AvgIpc) is 2.06. The largest absolute Gasteiger partial charge is 0.411 e. The van der Waals surface area contributed by atoms with Crippen LogP contribution in [0.1, 0.15) is 33.6 Å². The van der Waals surface area contributed by atoms with Crippen LogP contribution in [-0.2, 0) is 4.43 Å². The van der Waals surface area contributed by atoms with Crippen molar-refractivity contribution < 1.29 is 4.43 Å². The van der Waals surface area contributed by atoms with Crippen LogP contribution in [0.25, 0.3) is 0 Å². The number of allylic oxidation sites excluding steroid dienone is 1. The highest BCUT2D eigenvalue weighted by molar-refractivity contribution is 6.74. The molecule has 0 spiro atoms. The maximum atomic E-state index is 6.28. The molecule has 0 N–H and O–H groups in total. The van der Waals surface area contributed by atoms with Gasteiger partial charge >= 0.3 is 0 Å². The molecule has 0 saturated carbocycles. The second-order valence-electron chi connectivity index (χ2n) is 5.89. The van der Waals surface area contributed by atoms with Crippen LogP contribution < -0.4 is 0 Å². The molecule has 1 aliphatic carbocycles. The van der Waals surface area contributed by atoms with Gasteiger partial charge in [0.25, 0.3) is 0 Å². The van der Waals surface area contributed by atoms with Gasteiger partial charge in [-0.1, -0.05) is 32.9 Å². The molecule has 3 heteroatoms. The van der Waals surface area contributed by atoms with Crippen LogP contribution in [-0.4, -0.2) is 19.8 Å². The highest BCUT2D eigenvalue weighted by Gasteiger charge is 2.38. The molecule has 2 atom stereocenters. The predicted molar refractivity (Wildman–Crippen MR) is 70.1 cm³/mol. The Hall–Kier alpha value is 0.207. The first-order chi connectivity index (χ1) is 6.72. The molecule has 0 aromatic rings. The van der Waals surface area contributed by atoms with Gasteiger partial charge in [0.1, 0.15) is 0 Å². The van der Waals surface area contributed by atoms with Gasteiger partial charge < -0.3 is 4.43 Å². The zero-order chi connectivity index (χ0) is 11.7. The topological polar surface area (TPSA) is 9.23 Å². The van der Waals surface area contributed by atoms with Gasteiger partial charge in [-0.15, -0.1) is 11.6 Å². The lowest BCUT2D eigenvalue weighted by atomic mass is 10.1. The third-order valence-corrected chi connectivity index (χ3v) is 8.38. The SMILES string of the molecule is CC(C)(C)[Si](C)(C)O[C@H]1C=C[C@H](Cl)CC1. The van der Waals surface area contributed by atoms with Crippen molar-refractivity contribution in [3.05, 3.63) is 12.2 Å². The molecular formula is C12H23ClOSi. The number of halogens is 1. The van der Waals surface area contributed by atoms with Gasteiger partial charge in [0.15, 0.2) is 8.32 Å². The fraction of sp³-hybridized carbons (Fsp3) is 0.833. The molecule has 0 heterocycles. The van der Waals surface area contributed by atoms with Crippen molar-refractivity contribution in [2.24, 2.45) is 0 Å². The van der Waals surface area contributed by atoms with E-state index in [9.17, 15) is 0 Å². The Bertz CT molecular complexity index is 242. The molecule has 0 aromatic heterocycles. The quantitative estimate of drug-likeness (QED) is 0.400. The van der Waals surface area contributed by atoms with E-state index in [4.69, 9.17) is 16.0 Å². The van der Waals surface area contributed by atoms with Crippen LogP contribution >= 0.6 is 11.6 Å². The smallest absolute Gasteiger partial charge is 0.192 e. The van der Waals surface area contributed by atoms with E-state index in [1.54, 1.807) is 0 Å². The molecular weight excluding hydrogens is 224 g/mol. The zero-order valence-corrected chi connectivity index (χ0v) is 12.3. The maximum absolute atomic E-state index is 6.28. The molecule has 0 unspecified atom stereocenters. The highest BCUT2D eigenvalue weighted by Crippen LogP contribution is 2.38. The summed E-state index contributed by atoms with van der Waals surface area (Å²) in [4.78, 5) is 0. The Balaban J connectivity index is 2.59. The van der Waals surface area contributed by atoms with Crippen molar-refractivity contribution in [3.8, 4) is 0 Å².